The highest BCUT2D eigenvalue weighted by Gasteiger charge is 1.98. The monoisotopic (exact) mass is 205 g/mol. The van der Waals surface area contributed by atoms with Crippen molar-refractivity contribution in [2.24, 2.45) is 0 Å². The molecule has 0 aliphatic heterocycles. The Balaban J connectivity index is 2.36. The summed E-state index contributed by atoms with van der Waals surface area (Å²) in [5.41, 5.74) is 1.74. The van der Waals surface area contributed by atoms with Crippen molar-refractivity contribution < 1.29 is 0 Å². The van der Waals surface area contributed by atoms with Gasteiger partial charge in [-0.3, -0.25) is 0 Å². The quantitative estimate of drug-likeness (QED) is 0.615. The molecule has 0 aliphatic rings. The van der Waals surface area contributed by atoms with Gasteiger partial charge in [-0.2, -0.15) is 10.4 Å². The van der Waals surface area contributed by atoms with Gasteiger partial charge in [0.05, 0.1) is 11.8 Å². The standard InChI is InChI=1S/C13H7N3/c14-10-12-8-9-15-16-13(12)7-6-11-4-2-1-3-5-11/h1-5,8-9H. The van der Waals surface area contributed by atoms with Gasteiger partial charge >= 0.3 is 0 Å². The number of nitriles is 1. The fourth-order valence-electron chi connectivity index (χ4n) is 1.17. The van der Waals surface area contributed by atoms with Crippen molar-refractivity contribution in [2.45, 2.75) is 0 Å². The molecule has 0 atom stereocenters. The molecular formula is C13H7N3. The summed E-state index contributed by atoms with van der Waals surface area (Å²) in [5.74, 6) is 5.77. The van der Waals surface area contributed by atoms with E-state index in [2.05, 4.69) is 22.0 Å². The Hall–Kier alpha value is -2.65. The lowest BCUT2D eigenvalue weighted by molar-refractivity contribution is 1.01. The van der Waals surface area contributed by atoms with E-state index < -0.39 is 0 Å². The van der Waals surface area contributed by atoms with Gasteiger partial charge in [0.1, 0.15) is 6.07 Å². The van der Waals surface area contributed by atoms with Crippen molar-refractivity contribution in [1.29, 1.82) is 5.26 Å². The van der Waals surface area contributed by atoms with Crippen molar-refractivity contribution in [3.63, 3.8) is 0 Å². The van der Waals surface area contributed by atoms with Crippen LogP contribution in [0.25, 0.3) is 0 Å². The highest BCUT2D eigenvalue weighted by atomic mass is 15.1. The smallest absolute Gasteiger partial charge is 0.154 e. The number of nitrogens with zero attached hydrogens (tertiary/aromatic N) is 3. The van der Waals surface area contributed by atoms with Crippen LogP contribution in [0.5, 0.6) is 0 Å². The van der Waals surface area contributed by atoms with Crippen LogP contribution >= 0.6 is 0 Å². The molecular weight excluding hydrogens is 198 g/mol. The van der Waals surface area contributed by atoms with Crippen LogP contribution in [-0.4, -0.2) is 10.2 Å². The number of hydrogen-bond donors (Lipinski definition) is 0. The SMILES string of the molecule is N#Cc1ccnnc1C#Cc1ccccc1. The molecule has 16 heavy (non-hydrogen) atoms. The molecule has 1 aromatic carbocycles. The lowest BCUT2D eigenvalue weighted by atomic mass is 10.2. The molecule has 3 heteroatoms. The van der Waals surface area contributed by atoms with Crippen LogP contribution in [0, 0.1) is 23.2 Å². The second-order valence-electron chi connectivity index (χ2n) is 3.02. The van der Waals surface area contributed by atoms with Crippen molar-refractivity contribution in [2.75, 3.05) is 0 Å². The van der Waals surface area contributed by atoms with Crippen LogP contribution in [0.1, 0.15) is 16.8 Å². The highest BCUT2D eigenvalue weighted by molar-refractivity contribution is 5.46. The Labute approximate surface area is 93.4 Å². The molecule has 3 nitrogen and oxygen atoms in total. The fraction of sp³-hybridized carbons (Fsp3) is 0. The fourth-order valence-corrected chi connectivity index (χ4v) is 1.17. The summed E-state index contributed by atoms with van der Waals surface area (Å²) < 4.78 is 0. The van der Waals surface area contributed by atoms with Crippen LogP contribution in [-0.2, 0) is 0 Å². The van der Waals surface area contributed by atoms with Gasteiger partial charge < -0.3 is 0 Å². The van der Waals surface area contributed by atoms with Crippen LogP contribution in [0.3, 0.4) is 0 Å². The first-order chi connectivity index (χ1) is 7.90. The van der Waals surface area contributed by atoms with E-state index in [1.54, 1.807) is 6.07 Å². The second-order valence-corrected chi connectivity index (χ2v) is 3.02. The van der Waals surface area contributed by atoms with Gasteiger partial charge in [0, 0.05) is 5.56 Å². The van der Waals surface area contributed by atoms with E-state index in [4.69, 9.17) is 5.26 Å². The highest BCUT2D eigenvalue weighted by Crippen LogP contribution is 2.01. The molecule has 0 saturated carbocycles. The zero-order valence-electron chi connectivity index (χ0n) is 8.38. The average Bonchev–Trinajstić information content (AvgIpc) is 2.38. The zero-order valence-corrected chi connectivity index (χ0v) is 8.38. The van der Waals surface area contributed by atoms with Crippen LogP contribution in [0.15, 0.2) is 42.6 Å². The van der Waals surface area contributed by atoms with Crippen LogP contribution in [0.2, 0.25) is 0 Å². The van der Waals surface area contributed by atoms with Gasteiger partial charge in [0.15, 0.2) is 5.69 Å². The summed E-state index contributed by atoms with van der Waals surface area (Å²) in [4.78, 5) is 0. The topological polar surface area (TPSA) is 49.6 Å². The van der Waals surface area contributed by atoms with E-state index in [0.717, 1.165) is 5.56 Å². The second kappa shape index (κ2) is 4.72. The Morgan fingerprint density at radius 2 is 1.81 bits per heavy atom. The van der Waals surface area contributed by atoms with Gasteiger partial charge in [-0.25, -0.2) is 0 Å². The van der Waals surface area contributed by atoms with Crippen molar-refractivity contribution in [3.05, 3.63) is 59.4 Å². The lowest BCUT2D eigenvalue weighted by Crippen LogP contribution is -1.90. The molecule has 1 aromatic heterocycles. The van der Waals surface area contributed by atoms with E-state index in [9.17, 15) is 0 Å². The molecule has 0 amide bonds. The zero-order chi connectivity index (χ0) is 11.2. The maximum atomic E-state index is 8.83. The first-order valence-electron chi connectivity index (χ1n) is 4.69. The first-order valence-corrected chi connectivity index (χ1v) is 4.69. The van der Waals surface area contributed by atoms with Gasteiger partial charge in [-0.15, -0.1) is 5.10 Å². The van der Waals surface area contributed by atoms with E-state index in [-0.39, 0.29) is 0 Å². The van der Waals surface area contributed by atoms with Crippen molar-refractivity contribution in [3.8, 4) is 17.9 Å². The predicted molar refractivity (Wildman–Crippen MR) is 59.2 cm³/mol. The Kier molecular flexibility index (Phi) is 2.92. The number of hydrogen-bond acceptors (Lipinski definition) is 3. The summed E-state index contributed by atoms with van der Waals surface area (Å²) in [5, 5.41) is 16.4. The van der Waals surface area contributed by atoms with E-state index in [1.165, 1.54) is 6.20 Å². The Morgan fingerprint density at radius 1 is 1.00 bits per heavy atom. The molecule has 74 valence electrons. The summed E-state index contributed by atoms with van der Waals surface area (Å²) >= 11 is 0. The molecule has 0 bridgehead atoms. The van der Waals surface area contributed by atoms with E-state index in [1.807, 2.05) is 36.4 Å². The molecule has 0 radical (unpaired) electrons. The number of rotatable bonds is 0. The van der Waals surface area contributed by atoms with Crippen molar-refractivity contribution >= 4 is 0 Å². The minimum absolute atomic E-state index is 0.411. The maximum absolute atomic E-state index is 8.83. The average molecular weight is 205 g/mol. The van der Waals surface area contributed by atoms with Crippen LogP contribution in [0.4, 0.5) is 0 Å². The van der Waals surface area contributed by atoms with Gasteiger partial charge in [-0.05, 0) is 24.1 Å². The molecule has 0 N–H and O–H groups in total. The number of benzene rings is 1. The summed E-state index contributed by atoms with van der Waals surface area (Å²) in [6.45, 7) is 0. The van der Waals surface area contributed by atoms with Crippen LogP contribution < -0.4 is 0 Å². The summed E-state index contributed by atoms with van der Waals surface area (Å²) in [6, 6.07) is 13.2. The van der Waals surface area contributed by atoms with Gasteiger partial charge in [0.2, 0.25) is 0 Å². The minimum atomic E-state index is 0.411. The third-order valence-electron chi connectivity index (χ3n) is 1.94. The predicted octanol–water partition coefficient (Wildman–Crippen LogP) is 1.75. The van der Waals surface area contributed by atoms with Gasteiger partial charge in [0.25, 0.3) is 0 Å². The van der Waals surface area contributed by atoms with E-state index >= 15 is 0 Å². The largest absolute Gasteiger partial charge is 0.192 e. The molecule has 1 heterocycles. The molecule has 0 spiro atoms. The lowest BCUT2D eigenvalue weighted by Gasteiger charge is -1.90. The van der Waals surface area contributed by atoms with E-state index in [0.29, 0.717) is 11.3 Å². The molecule has 0 fully saturated rings. The molecule has 2 aromatic rings. The molecule has 0 saturated heterocycles. The molecule has 0 aliphatic carbocycles. The van der Waals surface area contributed by atoms with Gasteiger partial charge in [-0.1, -0.05) is 24.1 Å². The third kappa shape index (κ3) is 2.23. The summed E-state index contributed by atoms with van der Waals surface area (Å²) in [7, 11) is 0. The molecule has 0 unspecified atom stereocenters. The third-order valence-corrected chi connectivity index (χ3v) is 1.94. The number of aromatic nitrogens is 2. The maximum Gasteiger partial charge on any atom is 0.154 e. The summed E-state index contributed by atoms with van der Waals surface area (Å²) in [6.07, 6.45) is 1.48. The normalized spacial score (nSPS) is 8.69. The Bertz CT molecular complexity index is 586. The minimum Gasteiger partial charge on any atom is -0.192 e. The molecule has 2 rings (SSSR count). The Morgan fingerprint density at radius 3 is 2.56 bits per heavy atom. The first kappa shape index (κ1) is 9.89. The van der Waals surface area contributed by atoms with Crippen molar-refractivity contribution in [1.82, 2.24) is 10.2 Å².